The van der Waals surface area contributed by atoms with Crippen LogP contribution in [0.4, 0.5) is 0 Å². The van der Waals surface area contributed by atoms with Gasteiger partial charge >= 0.3 is 0 Å². The smallest absolute Gasteiger partial charge is 0.0105 e. The Balaban J connectivity index is 1.37. The van der Waals surface area contributed by atoms with E-state index in [9.17, 15) is 0 Å². The molecule has 0 heterocycles. The van der Waals surface area contributed by atoms with E-state index in [1.165, 1.54) is 51.5 Å². The molecule has 0 saturated heterocycles. The van der Waals surface area contributed by atoms with Gasteiger partial charge in [-0.15, -0.1) is 0 Å². The van der Waals surface area contributed by atoms with Crippen molar-refractivity contribution in [3.8, 4) is 0 Å². The molecule has 0 aliphatic heterocycles. The highest BCUT2D eigenvalue weighted by molar-refractivity contribution is 5.15. The second kappa shape index (κ2) is 5.39. The Morgan fingerprint density at radius 1 is 1.06 bits per heavy atom. The lowest BCUT2D eigenvalue weighted by Crippen LogP contribution is -2.28. The largest absolute Gasteiger partial charge is 0.313 e. The topological polar surface area (TPSA) is 12.0 Å². The lowest BCUT2D eigenvalue weighted by molar-refractivity contribution is 0.337. The minimum Gasteiger partial charge on any atom is -0.313 e. The van der Waals surface area contributed by atoms with Crippen LogP contribution in [0.5, 0.6) is 0 Å². The SMILES string of the molecule is C1=CCC([C@H]2CC2NCC2CCCCC2)C=C1. The van der Waals surface area contributed by atoms with Crippen molar-refractivity contribution in [1.29, 1.82) is 0 Å². The lowest BCUT2D eigenvalue weighted by atomic mass is 9.89. The molecule has 1 nitrogen and oxygen atoms in total. The first-order valence-electron chi connectivity index (χ1n) is 7.50. The Kier molecular flexibility index (Phi) is 3.65. The van der Waals surface area contributed by atoms with Crippen molar-refractivity contribution in [1.82, 2.24) is 5.32 Å². The second-order valence-electron chi connectivity index (χ2n) is 6.13. The average molecular weight is 231 g/mol. The summed E-state index contributed by atoms with van der Waals surface area (Å²) in [6, 6.07) is 0.832. The number of allylic oxidation sites excluding steroid dienone is 4. The van der Waals surface area contributed by atoms with Gasteiger partial charge in [-0.05, 0) is 50.0 Å². The van der Waals surface area contributed by atoms with E-state index in [2.05, 4.69) is 29.6 Å². The quantitative estimate of drug-likeness (QED) is 0.778. The standard InChI is InChI=1S/C16H25N/c1-3-7-13(8-4-1)12-17-16-11-15(16)14-9-5-2-6-10-14/h2,5-6,9,13-17H,1,3-4,7-8,10-12H2/t14?,15-,16?/m1/s1. The third-order valence-corrected chi connectivity index (χ3v) is 4.80. The Labute approximate surface area is 105 Å². The van der Waals surface area contributed by atoms with Crippen molar-refractivity contribution in [3.63, 3.8) is 0 Å². The Hall–Kier alpha value is -0.560. The lowest BCUT2D eigenvalue weighted by Gasteiger charge is -2.22. The summed E-state index contributed by atoms with van der Waals surface area (Å²) in [6.07, 6.45) is 19.2. The molecule has 0 aromatic rings. The van der Waals surface area contributed by atoms with E-state index < -0.39 is 0 Å². The summed E-state index contributed by atoms with van der Waals surface area (Å²) in [5.41, 5.74) is 0. The highest BCUT2D eigenvalue weighted by Gasteiger charge is 2.41. The normalized spacial score (nSPS) is 37.3. The predicted molar refractivity (Wildman–Crippen MR) is 72.9 cm³/mol. The zero-order chi connectivity index (χ0) is 11.5. The fourth-order valence-corrected chi connectivity index (χ4v) is 3.55. The van der Waals surface area contributed by atoms with Crippen molar-refractivity contribution in [3.05, 3.63) is 24.3 Å². The molecule has 1 N–H and O–H groups in total. The van der Waals surface area contributed by atoms with Crippen LogP contribution in [0.25, 0.3) is 0 Å². The molecule has 3 atom stereocenters. The van der Waals surface area contributed by atoms with E-state index in [4.69, 9.17) is 0 Å². The molecule has 0 spiro atoms. The molecule has 94 valence electrons. The minimum atomic E-state index is 0.823. The van der Waals surface area contributed by atoms with Gasteiger partial charge in [0, 0.05) is 6.04 Å². The third-order valence-electron chi connectivity index (χ3n) is 4.80. The third kappa shape index (κ3) is 3.01. The molecule has 0 aromatic carbocycles. The summed E-state index contributed by atoms with van der Waals surface area (Å²) in [6.45, 7) is 1.29. The maximum absolute atomic E-state index is 3.82. The van der Waals surface area contributed by atoms with Gasteiger partial charge in [0.2, 0.25) is 0 Å². The van der Waals surface area contributed by atoms with Crippen molar-refractivity contribution in [2.75, 3.05) is 6.54 Å². The van der Waals surface area contributed by atoms with Crippen molar-refractivity contribution >= 4 is 0 Å². The minimum absolute atomic E-state index is 0.823. The van der Waals surface area contributed by atoms with Crippen molar-refractivity contribution in [2.45, 2.75) is 51.0 Å². The van der Waals surface area contributed by atoms with E-state index in [-0.39, 0.29) is 0 Å². The molecule has 0 bridgehead atoms. The van der Waals surface area contributed by atoms with Gasteiger partial charge in [-0.25, -0.2) is 0 Å². The fourth-order valence-electron chi connectivity index (χ4n) is 3.55. The molecule has 2 unspecified atom stereocenters. The van der Waals surface area contributed by atoms with Crippen LogP contribution in [0.1, 0.15) is 44.9 Å². The highest BCUT2D eigenvalue weighted by atomic mass is 15.0. The summed E-state index contributed by atoms with van der Waals surface area (Å²) >= 11 is 0. The molecule has 0 aromatic heterocycles. The first-order valence-corrected chi connectivity index (χ1v) is 7.50. The second-order valence-corrected chi connectivity index (χ2v) is 6.13. The Bertz CT molecular complexity index is 299. The molecular formula is C16H25N. The molecule has 2 fully saturated rings. The van der Waals surface area contributed by atoms with Crippen molar-refractivity contribution < 1.29 is 0 Å². The van der Waals surface area contributed by atoms with Gasteiger partial charge in [-0.1, -0.05) is 43.6 Å². The predicted octanol–water partition coefficient (Wildman–Crippen LogP) is 3.68. The van der Waals surface area contributed by atoms with E-state index in [1.54, 1.807) is 0 Å². The molecule has 3 aliphatic carbocycles. The van der Waals surface area contributed by atoms with Gasteiger partial charge in [-0.2, -0.15) is 0 Å². The molecule has 0 amide bonds. The molecule has 0 radical (unpaired) electrons. The zero-order valence-corrected chi connectivity index (χ0v) is 10.8. The number of hydrogen-bond acceptors (Lipinski definition) is 1. The van der Waals surface area contributed by atoms with Gasteiger partial charge < -0.3 is 5.32 Å². The monoisotopic (exact) mass is 231 g/mol. The van der Waals surface area contributed by atoms with Crippen LogP contribution in [-0.4, -0.2) is 12.6 Å². The summed E-state index contributed by atoms with van der Waals surface area (Å²) in [5.74, 6) is 2.73. The molecule has 17 heavy (non-hydrogen) atoms. The average Bonchev–Trinajstić information content (AvgIpc) is 3.18. The van der Waals surface area contributed by atoms with Gasteiger partial charge in [0.15, 0.2) is 0 Å². The Morgan fingerprint density at radius 2 is 1.94 bits per heavy atom. The van der Waals surface area contributed by atoms with Crippen LogP contribution in [0.15, 0.2) is 24.3 Å². The molecule has 3 aliphatic rings. The van der Waals surface area contributed by atoms with Crippen LogP contribution in [-0.2, 0) is 0 Å². The van der Waals surface area contributed by atoms with Gasteiger partial charge in [0.05, 0.1) is 0 Å². The maximum Gasteiger partial charge on any atom is 0.0105 e. The van der Waals surface area contributed by atoms with E-state index in [0.29, 0.717) is 0 Å². The number of hydrogen-bond donors (Lipinski definition) is 1. The Morgan fingerprint density at radius 3 is 2.71 bits per heavy atom. The molecule has 1 heteroatoms. The van der Waals surface area contributed by atoms with Crippen molar-refractivity contribution in [2.24, 2.45) is 17.8 Å². The molecular weight excluding hydrogens is 206 g/mol. The first kappa shape index (κ1) is 11.5. The summed E-state index contributed by atoms with van der Waals surface area (Å²) in [5, 5.41) is 3.82. The van der Waals surface area contributed by atoms with Crippen LogP contribution in [0.3, 0.4) is 0 Å². The molecule has 3 rings (SSSR count). The van der Waals surface area contributed by atoms with E-state index in [1.807, 2.05) is 0 Å². The zero-order valence-electron chi connectivity index (χ0n) is 10.8. The number of rotatable bonds is 4. The van der Waals surface area contributed by atoms with Crippen LogP contribution >= 0.6 is 0 Å². The first-order chi connectivity index (χ1) is 8.43. The van der Waals surface area contributed by atoms with Crippen LogP contribution in [0.2, 0.25) is 0 Å². The highest BCUT2D eigenvalue weighted by Crippen LogP contribution is 2.41. The summed E-state index contributed by atoms with van der Waals surface area (Å²) in [4.78, 5) is 0. The maximum atomic E-state index is 3.82. The van der Waals surface area contributed by atoms with Crippen LogP contribution < -0.4 is 5.32 Å². The van der Waals surface area contributed by atoms with Crippen LogP contribution in [0, 0.1) is 17.8 Å². The van der Waals surface area contributed by atoms with E-state index in [0.717, 1.165) is 23.8 Å². The summed E-state index contributed by atoms with van der Waals surface area (Å²) < 4.78 is 0. The van der Waals surface area contributed by atoms with Gasteiger partial charge in [0.25, 0.3) is 0 Å². The van der Waals surface area contributed by atoms with Gasteiger partial charge in [0.1, 0.15) is 0 Å². The van der Waals surface area contributed by atoms with Gasteiger partial charge in [-0.3, -0.25) is 0 Å². The van der Waals surface area contributed by atoms with E-state index >= 15 is 0 Å². The summed E-state index contributed by atoms with van der Waals surface area (Å²) in [7, 11) is 0. The fraction of sp³-hybridized carbons (Fsp3) is 0.750. The number of nitrogens with one attached hydrogen (secondary N) is 1. The molecule has 2 saturated carbocycles.